The van der Waals surface area contributed by atoms with Crippen molar-refractivity contribution < 1.29 is 4.79 Å². The van der Waals surface area contributed by atoms with Crippen LogP contribution in [0.25, 0.3) is 0 Å². The minimum atomic E-state index is 0. The van der Waals surface area contributed by atoms with E-state index >= 15 is 0 Å². The van der Waals surface area contributed by atoms with Crippen molar-refractivity contribution in [2.75, 3.05) is 25.4 Å². The van der Waals surface area contributed by atoms with Crippen LogP contribution in [0.4, 0.5) is 0 Å². The maximum atomic E-state index is 12.3. The Morgan fingerprint density at radius 3 is 2.58 bits per heavy atom. The molecule has 1 aromatic rings. The van der Waals surface area contributed by atoms with Gasteiger partial charge in [-0.25, -0.2) is 0 Å². The second-order valence-electron chi connectivity index (χ2n) is 6.54. The van der Waals surface area contributed by atoms with Gasteiger partial charge in [-0.15, -0.1) is 24.2 Å². The quantitative estimate of drug-likeness (QED) is 0.649. The molecule has 134 valence electrons. The first-order valence-corrected chi connectivity index (χ1v) is 10.4. The summed E-state index contributed by atoms with van der Waals surface area (Å²) in [4.78, 5) is 15.6. The van der Waals surface area contributed by atoms with Gasteiger partial charge in [-0.1, -0.05) is 12.1 Å². The van der Waals surface area contributed by atoms with Gasteiger partial charge in [0.2, 0.25) is 5.91 Å². The molecule has 0 bridgehead atoms. The van der Waals surface area contributed by atoms with Gasteiger partial charge in [-0.05, 0) is 66.2 Å². The molecule has 3 nitrogen and oxygen atoms in total. The summed E-state index contributed by atoms with van der Waals surface area (Å²) >= 11 is 5.30. The van der Waals surface area contributed by atoms with E-state index in [-0.39, 0.29) is 12.4 Å². The first-order chi connectivity index (χ1) is 11.2. The van der Waals surface area contributed by atoms with E-state index in [1.165, 1.54) is 24.3 Å². The molecule has 0 radical (unpaired) electrons. The Bertz CT molecular complexity index is 534. The fourth-order valence-corrected chi connectivity index (χ4v) is 4.46. The molecular formula is C18H26BrClN2OS. The third kappa shape index (κ3) is 6.25. The SMILES string of the molecule is Cl.O=C(CCSc1ccccc1Br)N1CCC(NCC2CC2)CC1. The highest BCUT2D eigenvalue weighted by Gasteiger charge is 2.25. The smallest absolute Gasteiger partial charge is 0.223 e. The van der Waals surface area contributed by atoms with Gasteiger partial charge in [-0.3, -0.25) is 4.79 Å². The van der Waals surface area contributed by atoms with Crippen LogP contribution in [0.2, 0.25) is 0 Å². The van der Waals surface area contributed by atoms with Gasteiger partial charge in [0, 0.05) is 40.7 Å². The average Bonchev–Trinajstić information content (AvgIpc) is 3.39. The number of thioether (sulfide) groups is 1. The Kier molecular flexibility index (Phi) is 8.41. The van der Waals surface area contributed by atoms with Crippen molar-refractivity contribution in [3.05, 3.63) is 28.7 Å². The Labute approximate surface area is 163 Å². The van der Waals surface area contributed by atoms with Crippen LogP contribution < -0.4 is 5.32 Å². The fraction of sp³-hybridized carbons (Fsp3) is 0.611. The number of carbonyl (C=O) groups is 1. The van der Waals surface area contributed by atoms with Crippen LogP contribution in [0.15, 0.2) is 33.6 Å². The van der Waals surface area contributed by atoms with Crippen LogP contribution >= 0.6 is 40.1 Å². The number of amides is 1. The molecule has 1 saturated heterocycles. The molecule has 6 heteroatoms. The zero-order valence-corrected chi connectivity index (χ0v) is 17.1. The lowest BCUT2D eigenvalue weighted by molar-refractivity contribution is -0.131. The highest BCUT2D eigenvalue weighted by atomic mass is 79.9. The number of hydrogen-bond donors (Lipinski definition) is 1. The van der Waals surface area contributed by atoms with Crippen molar-refractivity contribution in [2.45, 2.75) is 43.0 Å². The van der Waals surface area contributed by atoms with Gasteiger partial charge >= 0.3 is 0 Å². The number of halogens is 2. The molecule has 1 amide bonds. The summed E-state index contributed by atoms with van der Waals surface area (Å²) in [5, 5.41) is 3.67. The predicted molar refractivity (Wildman–Crippen MR) is 107 cm³/mol. The summed E-state index contributed by atoms with van der Waals surface area (Å²) in [5.74, 6) is 2.09. The van der Waals surface area contributed by atoms with Crippen molar-refractivity contribution in [3.8, 4) is 0 Å². The van der Waals surface area contributed by atoms with Crippen molar-refractivity contribution in [2.24, 2.45) is 5.92 Å². The van der Waals surface area contributed by atoms with Gasteiger partial charge in [0.05, 0.1) is 0 Å². The molecular weight excluding hydrogens is 408 g/mol. The molecule has 2 aliphatic rings. The monoisotopic (exact) mass is 432 g/mol. The molecule has 0 unspecified atom stereocenters. The molecule has 1 aliphatic carbocycles. The minimum absolute atomic E-state index is 0. The number of piperidine rings is 1. The van der Waals surface area contributed by atoms with E-state index in [1.807, 2.05) is 18.2 Å². The van der Waals surface area contributed by atoms with Crippen molar-refractivity contribution in [1.82, 2.24) is 10.2 Å². The Hall–Kier alpha value is -0.230. The van der Waals surface area contributed by atoms with Crippen LogP contribution in [-0.4, -0.2) is 42.2 Å². The maximum absolute atomic E-state index is 12.3. The largest absolute Gasteiger partial charge is 0.343 e. The van der Waals surface area contributed by atoms with E-state index in [9.17, 15) is 4.79 Å². The van der Waals surface area contributed by atoms with E-state index < -0.39 is 0 Å². The van der Waals surface area contributed by atoms with Crippen molar-refractivity contribution >= 4 is 46.0 Å². The van der Waals surface area contributed by atoms with E-state index in [0.29, 0.717) is 18.4 Å². The fourth-order valence-electron chi connectivity index (χ4n) is 2.96. The summed E-state index contributed by atoms with van der Waals surface area (Å²) < 4.78 is 1.11. The highest BCUT2D eigenvalue weighted by Crippen LogP contribution is 2.29. The first kappa shape index (κ1) is 20.1. The lowest BCUT2D eigenvalue weighted by Gasteiger charge is -2.32. The topological polar surface area (TPSA) is 32.3 Å². The second-order valence-corrected chi connectivity index (χ2v) is 8.53. The number of benzene rings is 1. The predicted octanol–water partition coefficient (Wildman–Crippen LogP) is 4.34. The summed E-state index contributed by atoms with van der Waals surface area (Å²) in [5.41, 5.74) is 0. The molecule has 24 heavy (non-hydrogen) atoms. The zero-order valence-electron chi connectivity index (χ0n) is 13.9. The lowest BCUT2D eigenvalue weighted by atomic mass is 10.0. The number of likely N-dealkylation sites (tertiary alicyclic amines) is 1. The first-order valence-electron chi connectivity index (χ1n) is 8.61. The van der Waals surface area contributed by atoms with Gasteiger partial charge in [0.15, 0.2) is 0 Å². The summed E-state index contributed by atoms with van der Waals surface area (Å²) in [6, 6.07) is 8.81. The van der Waals surface area contributed by atoms with Gasteiger partial charge in [0.1, 0.15) is 0 Å². The van der Waals surface area contributed by atoms with Crippen molar-refractivity contribution in [1.29, 1.82) is 0 Å². The third-order valence-electron chi connectivity index (χ3n) is 4.65. The number of rotatable bonds is 7. The van der Waals surface area contributed by atoms with E-state index in [2.05, 4.69) is 32.2 Å². The molecule has 1 saturated carbocycles. The lowest BCUT2D eigenvalue weighted by Crippen LogP contribution is -2.45. The zero-order chi connectivity index (χ0) is 16.1. The maximum Gasteiger partial charge on any atom is 0.223 e. The molecule has 0 spiro atoms. The number of hydrogen-bond acceptors (Lipinski definition) is 3. The molecule has 0 atom stereocenters. The molecule has 0 aromatic heterocycles. The normalized spacial score (nSPS) is 18.3. The van der Waals surface area contributed by atoms with Crippen LogP contribution in [0, 0.1) is 5.92 Å². The number of carbonyl (C=O) groups excluding carboxylic acids is 1. The van der Waals surface area contributed by atoms with Crippen molar-refractivity contribution in [3.63, 3.8) is 0 Å². The van der Waals surface area contributed by atoms with Crippen LogP contribution in [0.5, 0.6) is 0 Å². The molecule has 1 aromatic carbocycles. The molecule has 1 heterocycles. The number of nitrogens with one attached hydrogen (secondary N) is 1. The average molecular weight is 434 g/mol. The Balaban J connectivity index is 0.00000208. The summed E-state index contributed by atoms with van der Waals surface area (Å²) in [7, 11) is 0. The highest BCUT2D eigenvalue weighted by molar-refractivity contribution is 9.10. The second kappa shape index (κ2) is 10.0. The van der Waals surface area contributed by atoms with Gasteiger partial charge in [-0.2, -0.15) is 0 Å². The van der Waals surface area contributed by atoms with E-state index in [4.69, 9.17) is 0 Å². The third-order valence-corrected chi connectivity index (χ3v) is 6.68. The van der Waals surface area contributed by atoms with Gasteiger partial charge < -0.3 is 10.2 Å². The van der Waals surface area contributed by atoms with Gasteiger partial charge in [0.25, 0.3) is 0 Å². The summed E-state index contributed by atoms with van der Waals surface area (Å²) in [6.07, 6.45) is 5.65. The van der Waals surface area contributed by atoms with Crippen LogP contribution in [0.3, 0.4) is 0 Å². The molecule has 3 rings (SSSR count). The Morgan fingerprint density at radius 1 is 1.21 bits per heavy atom. The molecule has 2 fully saturated rings. The molecule has 1 aliphatic heterocycles. The van der Waals surface area contributed by atoms with E-state index in [0.717, 1.165) is 42.1 Å². The summed E-state index contributed by atoms with van der Waals surface area (Å²) in [6.45, 7) is 3.02. The number of nitrogens with zero attached hydrogens (tertiary/aromatic N) is 1. The minimum Gasteiger partial charge on any atom is -0.343 e. The standard InChI is InChI=1S/C18H25BrN2OS.ClH/c19-16-3-1-2-4-17(16)23-12-9-18(22)21-10-7-15(8-11-21)20-13-14-5-6-14;/h1-4,14-15,20H,5-13H2;1H. The Morgan fingerprint density at radius 2 is 1.92 bits per heavy atom. The van der Waals surface area contributed by atoms with E-state index in [1.54, 1.807) is 11.8 Å². The van der Waals surface area contributed by atoms with Crippen LogP contribution in [0.1, 0.15) is 32.1 Å². The molecule has 1 N–H and O–H groups in total. The van der Waals surface area contributed by atoms with Crippen LogP contribution in [-0.2, 0) is 4.79 Å².